The number of nitrogens with one attached hydrogen (secondary N) is 3. The minimum Gasteiger partial charge on any atom is -0.361 e. The van der Waals surface area contributed by atoms with E-state index >= 15 is 0 Å². The van der Waals surface area contributed by atoms with E-state index in [4.69, 9.17) is 0 Å². The Balaban J connectivity index is 1.53. The van der Waals surface area contributed by atoms with Crippen LogP contribution in [0.15, 0.2) is 90.0 Å². The van der Waals surface area contributed by atoms with E-state index in [2.05, 4.69) is 15.2 Å². The van der Waals surface area contributed by atoms with Crippen LogP contribution in [0.25, 0.3) is 10.9 Å². The molecule has 0 fully saturated rings. The first-order chi connectivity index (χ1) is 17.8. The second-order valence-electron chi connectivity index (χ2n) is 9.54. The van der Waals surface area contributed by atoms with Crippen molar-refractivity contribution in [2.45, 2.75) is 37.2 Å². The number of aromatic nitrogens is 1. The maximum absolute atomic E-state index is 13.8. The zero-order valence-electron chi connectivity index (χ0n) is 20.5. The van der Waals surface area contributed by atoms with E-state index in [0.29, 0.717) is 12.0 Å². The molecule has 0 bridgehead atoms. The molecule has 8 nitrogen and oxygen atoms in total. The predicted octanol–water partition coefficient (Wildman–Crippen LogP) is 4.14. The number of hydrazine groups is 1. The van der Waals surface area contributed by atoms with E-state index < -0.39 is 28.0 Å². The van der Waals surface area contributed by atoms with E-state index in [1.54, 1.807) is 35.2 Å². The maximum atomic E-state index is 13.8. The van der Waals surface area contributed by atoms with E-state index in [1.807, 2.05) is 56.4 Å². The molecule has 0 aliphatic carbocycles. The number of H-pyrrole nitrogens is 1. The van der Waals surface area contributed by atoms with Gasteiger partial charge in [-0.1, -0.05) is 68.4 Å². The number of carbonyl (C=O) groups excluding carboxylic acids is 2. The van der Waals surface area contributed by atoms with Gasteiger partial charge in [0.2, 0.25) is 0 Å². The molecule has 1 aliphatic rings. The monoisotopic (exact) mass is 516 g/mol. The van der Waals surface area contributed by atoms with Gasteiger partial charge in [-0.05, 0) is 42.2 Å². The van der Waals surface area contributed by atoms with Gasteiger partial charge in [-0.25, -0.2) is 8.42 Å². The number of aromatic amines is 1. The quantitative estimate of drug-likeness (QED) is 0.306. The highest BCUT2D eigenvalue weighted by Crippen LogP contribution is 2.43. The number of hydrogen-bond donors (Lipinski definition) is 3. The van der Waals surface area contributed by atoms with E-state index in [1.165, 1.54) is 12.1 Å². The second kappa shape index (κ2) is 9.84. The first-order valence-corrected chi connectivity index (χ1v) is 13.6. The average Bonchev–Trinajstić information content (AvgIpc) is 3.45. The Kier molecular flexibility index (Phi) is 6.57. The molecule has 3 aromatic carbocycles. The van der Waals surface area contributed by atoms with Gasteiger partial charge in [-0.3, -0.25) is 15.0 Å². The van der Waals surface area contributed by atoms with E-state index in [0.717, 1.165) is 22.0 Å². The number of hydrogen-bond acceptors (Lipinski definition) is 4. The third kappa shape index (κ3) is 4.63. The van der Waals surface area contributed by atoms with Crippen LogP contribution in [0.3, 0.4) is 0 Å². The second-order valence-corrected chi connectivity index (χ2v) is 11.2. The summed E-state index contributed by atoms with van der Waals surface area (Å²) in [7, 11) is -3.98. The van der Waals surface area contributed by atoms with Crippen molar-refractivity contribution in [3.63, 3.8) is 0 Å². The van der Waals surface area contributed by atoms with Crippen molar-refractivity contribution in [2.24, 2.45) is 5.92 Å². The van der Waals surface area contributed by atoms with Crippen LogP contribution in [0, 0.1) is 5.92 Å². The number of rotatable bonds is 8. The lowest BCUT2D eigenvalue weighted by atomic mass is 9.95. The first kappa shape index (κ1) is 24.7. The Morgan fingerprint density at radius 1 is 0.946 bits per heavy atom. The number of para-hydroxylation sites is 1. The molecule has 3 N–H and O–H groups in total. The van der Waals surface area contributed by atoms with Crippen molar-refractivity contribution in [1.82, 2.24) is 20.1 Å². The van der Waals surface area contributed by atoms with Crippen LogP contribution in [-0.2, 0) is 14.8 Å². The molecule has 2 atom stereocenters. The fourth-order valence-corrected chi connectivity index (χ4v) is 5.82. The highest BCUT2D eigenvalue weighted by molar-refractivity contribution is 7.89. The fraction of sp³-hybridized carbons (Fsp3) is 0.214. The standard InChI is InChI=1S/C28H28N4O4S/c1-18(2)16-25(27(33)30-31-37(35,36)19-10-4-3-5-11-19)32-26(21-13-6-7-14-22(21)28(32)34)23-17-29-24-15-9-8-12-20(23)24/h3-15,17-18,25-26,29,31H,16H2,1-2H3,(H,30,33). The lowest BCUT2D eigenvalue weighted by Gasteiger charge is -2.33. The summed E-state index contributed by atoms with van der Waals surface area (Å²) in [4.78, 5) is 34.4. The minimum absolute atomic E-state index is 0.0250. The van der Waals surface area contributed by atoms with Gasteiger partial charge in [0.1, 0.15) is 6.04 Å². The minimum atomic E-state index is -3.98. The highest BCUT2D eigenvalue weighted by atomic mass is 32.2. The number of amides is 2. The van der Waals surface area contributed by atoms with Gasteiger partial charge in [0.05, 0.1) is 10.9 Å². The summed E-state index contributed by atoms with van der Waals surface area (Å²) >= 11 is 0. The summed E-state index contributed by atoms with van der Waals surface area (Å²) in [6, 6.07) is 21.5. The van der Waals surface area contributed by atoms with Crippen molar-refractivity contribution in [3.05, 3.63) is 102 Å². The number of sulfonamides is 1. The Bertz CT molecular complexity index is 1560. The lowest BCUT2D eigenvalue weighted by molar-refractivity contribution is -0.127. The average molecular weight is 517 g/mol. The molecule has 5 rings (SSSR count). The molecule has 9 heteroatoms. The fourth-order valence-electron chi connectivity index (χ4n) is 4.95. The molecule has 4 aromatic rings. The molecule has 0 saturated carbocycles. The molecule has 2 amide bonds. The Labute approximate surface area is 215 Å². The first-order valence-electron chi connectivity index (χ1n) is 12.1. The molecule has 37 heavy (non-hydrogen) atoms. The summed E-state index contributed by atoms with van der Waals surface area (Å²) in [6.45, 7) is 3.92. The molecular formula is C28H28N4O4S. The summed E-state index contributed by atoms with van der Waals surface area (Å²) in [5.74, 6) is -0.807. The SMILES string of the molecule is CC(C)CC(C(=O)NNS(=O)(=O)c1ccccc1)N1C(=O)c2ccccc2C1c1c[nH]c2ccccc12. The van der Waals surface area contributed by atoms with Gasteiger partial charge in [0.15, 0.2) is 0 Å². The van der Waals surface area contributed by atoms with Gasteiger partial charge >= 0.3 is 0 Å². The van der Waals surface area contributed by atoms with Crippen LogP contribution in [0.2, 0.25) is 0 Å². The molecule has 0 saturated heterocycles. The highest BCUT2D eigenvalue weighted by Gasteiger charge is 2.45. The zero-order valence-corrected chi connectivity index (χ0v) is 21.3. The van der Waals surface area contributed by atoms with Crippen LogP contribution in [0.5, 0.6) is 0 Å². The van der Waals surface area contributed by atoms with Crippen LogP contribution in [0.1, 0.15) is 47.8 Å². The molecule has 1 aliphatic heterocycles. The number of benzene rings is 3. The van der Waals surface area contributed by atoms with E-state index in [9.17, 15) is 18.0 Å². The number of nitrogens with zero attached hydrogens (tertiary/aromatic N) is 1. The summed E-state index contributed by atoms with van der Waals surface area (Å²) in [5, 5.41) is 0.954. The molecule has 2 heterocycles. The van der Waals surface area contributed by atoms with Gasteiger partial charge in [-0.2, -0.15) is 0 Å². The van der Waals surface area contributed by atoms with Crippen LogP contribution in [-0.4, -0.2) is 36.2 Å². The summed E-state index contributed by atoms with van der Waals surface area (Å²) < 4.78 is 25.5. The van der Waals surface area contributed by atoms with Crippen molar-refractivity contribution < 1.29 is 18.0 Å². The maximum Gasteiger partial charge on any atom is 0.257 e. The zero-order chi connectivity index (χ0) is 26.2. The van der Waals surface area contributed by atoms with Crippen molar-refractivity contribution in [3.8, 4) is 0 Å². The molecule has 2 unspecified atom stereocenters. The number of carbonyl (C=O) groups is 2. The summed E-state index contributed by atoms with van der Waals surface area (Å²) in [6.07, 6.45) is 2.22. The smallest absolute Gasteiger partial charge is 0.257 e. The van der Waals surface area contributed by atoms with Crippen molar-refractivity contribution in [2.75, 3.05) is 0 Å². The van der Waals surface area contributed by atoms with Gasteiger partial charge in [0, 0.05) is 28.2 Å². The predicted molar refractivity (Wildman–Crippen MR) is 141 cm³/mol. The van der Waals surface area contributed by atoms with Crippen LogP contribution < -0.4 is 10.3 Å². The Morgan fingerprint density at radius 2 is 1.62 bits per heavy atom. The molecule has 1 aromatic heterocycles. The van der Waals surface area contributed by atoms with Crippen LogP contribution in [0.4, 0.5) is 0 Å². The van der Waals surface area contributed by atoms with Gasteiger partial charge < -0.3 is 9.88 Å². The van der Waals surface area contributed by atoms with Crippen molar-refractivity contribution >= 4 is 32.7 Å². The third-order valence-corrected chi connectivity index (χ3v) is 7.87. The molecule has 190 valence electrons. The number of fused-ring (bicyclic) bond motifs is 2. The van der Waals surface area contributed by atoms with Gasteiger partial charge in [-0.15, -0.1) is 4.83 Å². The third-order valence-electron chi connectivity index (χ3n) is 6.61. The Hall–Kier alpha value is -3.95. The molecular weight excluding hydrogens is 488 g/mol. The van der Waals surface area contributed by atoms with Crippen molar-refractivity contribution in [1.29, 1.82) is 0 Å². The normalized spacial score (nSPS) is 16.2. The lowest BCUT2D eigenvalue weighted by Crippen LogP contribution is -2.53. The Morgan fingerprint density at radius 3 is 2.38 bits per heavy atom. The topological polar surface area (TPSA) is 111 Å². The molecule has 0 spiro atoms. The van der Waals surface area contributed by atoms with Crippen LogP contribution >= 0.6 is 0 Å². The van der Waals surface area contributed by atoms with E-state index in [-0.39, 0.29) is 16.7 Å². The van der Waals surface area contributed by atoms with Gasteiger partial charge in [0.25, 0.3) is 21.8 Å². The largest absolute Gasteiger partial charge is 0.361 e. The summed E-state index contributed by atoms with van der Waals surface area (Å²) in [5.41, 5.74) is 5.52. The molecule has 0 radical (unpaired) electrons.